The van der Waals surface area contributed by atoms with Crippen LogP contribution in [0.25, 0.3) is 0 Å². The van der Waals surface area contributed by atoms with Gasteiger partial charge in [0.15, 0.2) is 0 Å². The molecular formula is C6H16BrZn. The first-order valence-corrected chi connectivity index (χ1v) is 9.92. The molecule has 0 unspecified atom stereocenters. The third-order valence-corrected chi connectivity index (χ3v) is 11.0. The number of halogens is 1. The van der Waals surface area contributed by atoms with Gasteiger partial charge in [-0.3, -0.25) is 0 Å². The molecule has 0 saturated carbocycles. The van der Waals surface area contributed by atoms with Gasteiger partial charge in [-0.1, -0.05) is 0 Å². The summed E-state index contributed by atoms with van der Waals surface area (Å²) in [4.78, 5) is 0. The normalized spacial score (nSPS) is 7.88. The van der Waals surface area contributed by atoms with Gasteiger partial charge < -0.3 is 0 Å². The van der Waals surface area contributed by atoms with Gasteiger partial charge in [-0.15, -0.1) is 17.0 Å². The fraction of sp³-hybridized carbons (Fsp3) is 1.00. The molecule has 0 heterocycles. The van der Waals surface area contributed by atoms with E-state index in [9.17, 15) is 0 Å². The van der Waals surface area contributed by atoms with Crippen molar-refractivity contribution in [2.75, 3.05) is 0 Å². The molecule has 0 spiro atoms. The summed E-state index contributed by atoms with van der Waals surface area (Å²) >= 11 is -0.750. The fourth-order valence-corrected chi connectivity index (χ4v) is 5.51. The summed E-state index contributed by atoms with van der Waals surface area (Å²) < 4.78 is 0. The van der Waals surface area contributed by atoms with Crippen LogP contribution >= 0.6 is 17.0 Å². The van der Waals surface area contributed by atoms with Gasteiger partial charge in [-0.25, -0.2) is 0 Å². The van der Waals surface area contributed by atoms with Crippen molar-refractivity contribution in [2.24, 2.45) is 0 Å². The summed E-state index contributed by atoms with van der Waals surface area (Å²) in [5.74, 6) is 0. The van der Waals surface area contributed by atoms with E-state index in [1.165, 1.54) is 0 Å². The quantitative estimate of drug-likeness (QED) is 0.655. The van der Waals surface area contributed by atoms with Crippen LogP contribution < -0.4 is 0 Å². The van der Waals surface area contributed by atoms with E-state index in [1.54, 1.807) is 15.0 Å². The molecule has 49 valence electrons. The van der Waals surface area contributed by atoms with Crippen LogP contribution in [0.1, 0.15) is 20.8 Å². The summed E-state index contributed by atoms with van der Waals surface area (Å²) in [6.45, 7) is 7.06. The maximum atomic E-state index is 2.35. The van der Waals surface area contributed by atoms with Gasteiger partial charge in [-0.2, -0.15) is 0 Å². The monoisotopic (exact) mass is 231 g/mol. The van der Waals surface area contributed by atoms with Crippen molar-refractivity contribution >= 4 is 17.0 Å². The molecule has 0 aromatic carbocycles. The van der Waals surface area contributed by atoms with Crippen molar-refractivity contribution < 1.29 is 16.0 Å². The summed E-state index contributed by atoms with van der Waals surface area (Å²) in [6, 6.07) is 0. The second kappa shape index (κ2) is 8.10. The molecule has 0 aliphatic carbocycles. The summed E-state index contributed by atoms with van der Waals surface area (Å²) in [5, 5.41) is 4.69. The van der Waals surface area contributed by atoms with E-state index in [-0.39, 0.29) is 17.0 Å². The van der Waals surface area contributed by atoms with Crippen LogP contribution in [0.5, 0.6) is 0 Å². The third-order valence-electron chi connectivity index (χ3n) is 2.12. The number of hydrogen-bond acceptors (Lipinski definition) is 0. The molecule has 0 fully saturated rings. The predicted molar refractivity (Wildman–Crippen MR) is 41.8 cm³/mol. The second-order valence-corrected chi connectivity index (χ2v) is 13.3. The molecule has 0 aromatic heterocycles. The SMILES string of the molecule is Br.C[CH2][Zn]([CH2]C)[CH2]C. The van der Waals surface area contributed by atoms with Crippen LogP contribution in [0.15, 0.2) is 0 Å². The molecule has 0 aliphatic heterocycles. The minimum absolute atomic E-state index is 0. The molecule has 2 heteroatoms. The minimum atomic E-state index is -0.750. The Bertz CT molecular complexity index is 30.0. The third kappa shape index (κ3) is 5.24. The van der Waals surface area contributed by atoms with Crippen LogP contribution in [0.3, 0.4) is 0 Å². The summed E-state index contributed by atoms with van der Waals surface area (Å²) in [6.07, 6.45) is 0. The molecule has 0 saturated heterocycles. The van der Waals surface area contributed by atoms with Crippen molar-refractivity contribution in [1.82, 2.24) is 0 Å². The number of hydrogen-bond donors (Lipinski definition) is 0. The standard InChI is InChI=1S/3C2H5.BrH.Zn/c3*1-2;;/h3*1H2,2H3;1H;. The topological polar surface area (TPSA) is 0 Å². The van der Waals surface area contributed by atoms with Gasteiger partial charge in [0.05, 0.1) is 0 Å². The van der Waals surface area contributed by atoms with Gasteiger partial charge >= 0.3 is 51.8 Å². The molecule has 0 nitrogen and oxygen atoms in total. The van der Waals surface area contributed by atoms with E-state index in [2.05, 4.69) is 20.8 Å². The molecule has 0 amide bonds. The molecule has 0 aliphatic rings. The van der Waals surface area contributed by atoms with Gasteiger partial charge in [0.25, 0.3) is 0 Å². The Morgan fingerprint density at radius 3 is 1.12 bits per heavy atom. The molecular weight excluding hydrogens is 217 g/mol. The summed E-state index contributed by atoms with van der Waals surface area (Å²) in [7, 11) is 0. The van der Waals surface area contributed by atoms with Crippen LogP contribution in [-0.4, -0.2) is 0 Å². The van der Waals surface area contributed by atoms with Gasteiger partial charge in [0.1, 0.15) is 0 Å². The van der Waals surface area contributed by atoms with Gasteiger partial charge in [0, 0.05) is 0 Å². The van der Waals surface area contributed by atoms with Crippen LogP contribution in [-0.2, 0) is 16.0 Å². The molecule has 8 heavy (non-hydrogen) atoms. The summed E-state index contributed by atoms with van der Waals surface area (Å²) in [5.41, 5.74) is 0. The average Bonchev–Trinajstić information content (AvgIpc) is 1.72. The van der Waals surface area contributed by atoms with E-state index in [4.69, 9.17) is 0 Å². The molecule has 0 radical (unpaired) electrons. The average molecular weight is 233 g/mol. The van der Waals surface area contributed by atoms with Crippen molar-refractivity contribution in [1.29, 1.82) is 0 Å². The van der Waals surface area contributed by atoms with E-state index in [0.29, 0.717) is 0 Å². The van der Waals surface area contributed by atoms with E-state index < -0.39 is 16.0 Å². The van der Waals surface area contributed by atoms with Crippen LogP contribution in [0.2, 0.25) is 15.0 Å². The molecule has 0 bridgehead atoms. The number of rotatable bonds is 3. The Morgan fingerprint density at radius 2 is 1.12 bits per heavy atom. The zero-order chi connectivity index (χ0) is 5.70. The van der Waals surface area contributed by atoms with Crippen molar-refractivity contribution in [3.05, 3.63) is 0 Å². The van der Waals surface area contributed by atoms with Crippen LogP contribution in [0, 0.1) is 0 Å². The fourth-order valence-electron chi connectivity index (χ4n) is 1.06. The van der Waals surface area contributed by atoms with E-state index in [1.807, 2.05) is 0 Å². The Hall–Kier alpha value is 1.10. The van der Waals surface area contributed by atoms with E-state index in [0.717, 1.165) is 0 Å². The van der Waals surface area contributed by atoms with Crippen molar-refractivity contribution in [3.63, 3.8) is 0 Å². The van der Waals surface area contributed by atoms with Gasteiger partial charge in [-0.05, 0) is 0 Å². The zero-order valence-electron chi connectivity index (χ0n) is 6.24. The van der Waals surface area contributed by atoms with Crippen LogP contribution in [0.4, 0.5) is 0 Å². The Labute approximate surface area is 68.7 Å². The second-order valence-electron chi connectivity index (χ2n) is 2.56. The van der Waals surface area contributed by atoms with Gasteiger partial charge in [0.2, 0.25) is 0 Å². The molecule has 0 aromatic rings. The Morgan fingerprint density at radius 1 is 0.875 bits per heavy atom. The first-order chi connectivity index (χ1) is 3.35. The van der Waals surface area contributed by atoms with Crippen molar-refractivity contribution in [2.45, 2.75) is 35.8 Å². The van der Waals surface area contributed by atoms with E-state index >= 15 is 0 Å². The van der Waals surface area contributed by atoms with Crippen molar-refractivity contribution in [3.8, 4) is 0 Å². The Balaban J connectivity index is 0. The molecule has 0 N–H and O–H groups in total. The first-order valence-electron chi connectivity index (χ1n) is 3.62. The maximum absolute atomic E-state index is 2.35. The Kier molecular flexibility index (Phi) is 12.0. The predicted octanol–water partition coefficient (Wildman–Crippen LogP) is 3.50. The zero-order valence-corrected chi connectivity index (χ0v) is 10.9. The molecule has 0 rings (SSSR count). The molecule has 0 atom stereocenters. The first kappa shape index (κ1) is 11.8.